The van der Waals surface area contributed by atoms with Gasteiger partial charge >= 0.3 is 0 Å². The Kier molecular flexibility index (Phi) is 4.47. The molecule has 0 fully saturated rings. The molecule has 94 valence electrons. The van der Waals surface area contributed by atoms with Crippen LogP contribution in [0, 0.1) is 11.2 Å². The van der Waals surface area contributed by atoms with Crippen molar-refractivity contribution >= 4 is 21.8 Å². The molecule has 1 aromatic rings. The highest BCUT2D eigenvalue weighted by atomic mass is 79.9. The number of carbonyl (C=O) groups is 1. The lowest BCUT2D eigenvalue weighted by atomic mass is 9.94. The predicted octanol–water partition coefficient (Wildman–Crippen LogP) is 1.98. The fourth-order valence-electron chi connectivity index (χ4n) is 1.09. The van der Waals surface area contributed by atoms with Crippen LogP contribution in [0.15, 0.2) is 22.7 Å². The third-order valence-electron chi connectivity index (χ3n) is 2.24. The number of rotatable bonds is 4. The monoisotopic (exact) mass is 304 g/mol. The van der Waals surface area contributed by atoms with Gasteiger partial charge in [0.1, 0.15) is 18.2 Å². The lowest BCUT2D eigenvalue weighted by Gasteiger charge is -2.22. The average Bonchev–Trinajstić information content (AvgIpc) is 2.29. The summed E-state index contributed by atoms with van der Waals surface area (Å²) < 4.78 is 18.7. The fraction of sp³-hybridized carbons (Fsp3) is 0.364. The van der Waals surface area contributed by atoms with Crippen LogP contribution in [0.4, 0.5) is 4.39 Å². The third kappa shape index (κ3) is 3.67. The maximum Gasteiger partial charge on any atom is 0.242 e. The summed E-state index contributed by atoms with van der Waals surface area (Å²) in [4.78, 5) is 11.4. The van der Waals surface area contributed by atoms with Crippen LogP contribution >= 0.6 is 15.9 Å². The molecule has 0 aliphatic heterocycles. The van der Waals surface area contributed by atoms with E-state index in [-0.39, 0.29) is 18.3 Å². The number of benzene rings is 1. The van der Waals surface area contributed by atoms with Gasteiger partial charge in [-0.2, -0.15) is 0 Å². The summed E-state index contributed by atoms with van der Waals surface area (Å²) in [5.41, 5.74) is 1.32. The largest absolute Gasteiger partial charge is 0.492 e. The second kappa shape index (κ2) is 5.46. The topological polar surface area (TPSA) is 64.3 Å². The van der Waals surface area contributed by atoms with Crippen molar-refractivity contribution in [1.82, 2.24) is 5.43 Å². The highest BCUT2D eigenvalue weighted by Crippen LogP contribution is 2.24. The van der Waals surface area contributed by atoms with Gasteiger partial charge in [-0.25, -0.2) is 10.2 Å². The molecule has 4 nitrogen and oxygen atoms in total. The first kappa shape index (κ1) is 13.9. The van der Waals surface area contributed by atoms with Crippen molar-refractivity contribution in [3.8, 4) is 5.75 Å². The molecule has 17 heavy (non-hydrogen) atoms. The van der Waals surface area contributed by atoms with Crippen molar-refractivity contribution in [2.24, 2.45) is 11.3 Å². The molecule has 0 aromatic heterocycles. The zero-order chi connectivity index (χ0) is 13.1. The van der Waals surface area contributed by atoms with Crippen molar-refractivity contribution < 1.29 is 13.9 Å². The Morgan fingerprint density at radius 1 is 1.59 bits per heavy atom. The Bertz CT molecular complexity index is 424. The Hall–Kier alpha value is -1.14. The first-order valence-electron chi connectivity index (χ1n) is 4.96. The van der Waals surface area contributed by atoms with Gasteiger partial charge in [0.15, 0.2) is 0 Å². The lowest BCUT2D eigenvalue weighted by Crippen LogP contribution is -2.44. The van der Waals surface area contributed by atoms with Crippen LogP contribution in [0.25, 0.3) is 0 Å². The average molecular weight is 305 g/mol. The second-order valence-corrected chi connectivity index (χ2v) is 5.08. The highest BCUT2D eigenvalue weighted by Gasteiger charge is 2.28. The minimum absolute atomic E-state index is 0.147. The number of halogens is 2. The normalized spacial score (nSPS) is 11.1. The molecule has 0 aliphatic carbocycles. The van der Waals surface area contributed by atoms with Crippen LogP contribution in [-0.2, 0) is 4.79 Å². The minimum Gasteiger partial charge on any atom is -0.492 e. The standard InChI is InChI=1S/C11H14BrFN2O2/c1-11(2,10(16)15-14)6-17-7-3-4-9(13)8(12)5-7/h3-5H,6,14H2,1-2H3,(H,15,16). The molecule has 0 heterocycles. The molecule has 6 heteroatoms. The van der Waals surface area contributed by atoms with Gasteiger partial charge in [-0.3, -0.25) is 10.2 Å². The summed E-state index contributed by atoms with van der Waals surface area (Å²) in [6.07, 6.45) is 0. The second-order valence-electron chi connectivity index (χ2n) is 4.22. The Morgan fingerprint density at radius 3 is 2.76 bits per heavy atom. The predicted molar refractivity (Wildman–Crippen MR) is 65.7 cm³/mol. The van der Waals surface area contributed by atoms with Crippen molar-refractivity contribution in [1.29, 1.82) is 0 Å². The summed E-state index contributed by atoms with van der Waals surface area (Å²) in [5, 5.41) is 0. The molecule has 3 N–H and O–H groups in total. The molecule has 0 aliphatic rings. The Morgan fingerprint density at radius 2 is 2.24 bits per heavy atom. The number of nitrogens with two attached hydrogens (primary N) is 1. The number of amides is 1. The number of hydrazine groups is 1. The van der Waals surface area contributed by atoms with Crippen molar-refractivity contribution in [3.05, 3.63) is 28.5 Å². The number of nitrogens with one attached hydrogen (secondary N) is 1. The lowest BCUT2D eigenvalue weighted by molar-refractivity contribution is -0.130. The molecule has 0 spiro atoms. The number of carbonyl (C=O) groups excluding carboxylic acids is 1. The van der Waals surface area contributed by atoms with E-state index in [1.165, 1.54) is 18.2 Å². The summed E-state index contributed by atoms with van der Waals surface area (Å²) in [6.45, 7) is 3.55. The third-order valence-corrected chi connectivity index (χ3v) is 2.84. The number of hydrogen-bond donors (Lipinski definition) is 2. The first-order chi connectivity index (χ1) is 7.86. The van der Waals surface area contributed by atoms with E-state index in [0.717, 1.165) is 0 Å². The van der Waals surface area contributed by atoms with Gasteiger partial charge in [0, 0.05) is 0 Å². The maximum atomic E-state index is 13.0. The van der Waals surface area contributed by atoms with Gasteiger partial charge in [0.25, 0.3) is 0 Å². The Balaban J connectivity index is 2.67. The molecule has 1 rings (SSSR count). The molecular weight excluding hydrogens is 291 g/mol. The maximum absolute atomic E-state index is 13.0. The minimum atomic E-state index is -0.754. The van der Waals surface area contributed by atoms with Crippen molar-refractivity contribution in [2.45, 2.75) is 13.8 Å². The van der Waals surface area contributed by atoms with Crippen LogP contribution in [0.5, 0.6) is 5.75 Å². The van der Waals surface area contributed by atoms with Crippen LogP contribution in [0.2, 0.25) is 0 Å². The molecule has 1 amide bonds. The summed E-state index contributed by atoms with van der Waals surface area (Å²) in [7, 11) is 0. The van der Waals surface area contributed by atoms with Gasteiger partial charge < -0.3 is 4.74 Å². The number of ether oxygens (including phenoxy) is 1. The van der Waals surface area contributed by atoms with E-state index in [9.17, 15) is 9.18 Å². The zero-order valence-corrected chi connectivity index (χ0v) is 11.2. The molecule has 0 radical (unpaired) electrons. The molecule has 1 aromatic carbocycles. The van der Waals surface area contributed by atoms with Gasteiger partial charge in [-0.05, 0) is 48.0 Å². The zero-order valence-electron chi connectivity index (χ0n) is 9.59. The Labute approximate surface area is 107 Å². The number of hydrogen-bond acceptors (Lipinski definition) is 3. The van der Waals surface area contributed by atoms with Crippen LogP contribution < -0.4 is 16.0 Å². The van der Waals surface area contributed by atoms with Crippen LogP contribution in [0.1, 0.15) is 13.8 Å². The molecule has 0 saturated heterocycles. The van der Waals surface area contributed by atoms with E-state index >= 15 is 0 Å². The van der Waals surface area contributed by atoms with Gasteiger partial charge in [-0.15, -0.1) is 0 Å². The van der Waals surface area contributed by atoms with E-state index in [0.29, 0.717) is 10.2 Å². The van der Waals surface area contributed by atoms with Crippen LogP contribution in [0.3, 0.4) is 0 Å². The van der Waals surface area contributed by atoms with E-state index < -0.39 is 5.41 Å². The first-order valence-corrected chi connectivity index (χ1v) is 5.75. The van der Waals surface area contributed by atoms with E-state index in [1.807, 2.05) is 0 Å². The van der Waals surface area contributed by atoms with E-state index in [1.54, 1.807) is 13.8 Å². The summed E-state index contributed by atoms with van der Waals surface area (Å²) in [6, 6.07) is 4.29. The van der Waals surface area contributed by atoms with E-state index in [4.69, 9.17) is 10.6 Å². The van der Waals surface area contributed by atoms with E-state index in [2.05, 4.69) is 21.4 Å². The van der Waals surface area contributed by atoms with Crippen LogP contribution in [-0.4, -0.2) is 12.5 Å². The molecule has 0 atom stereocenters. The van der Waals surface area contributed by atoms with Gasteiger partial charge in [0.05, 0.1) is 9.89 Å². The smallest absolute Gasteiger partial charge is 0.242 e. The SMILES string of the molecule is CC(C)(COc1ccc(F)c(Br)c1)C(=O)NN. The molecule has 0 saturated carbocycles. The molecule has 0 unspecified atom stereocenters. The molecular formula is C11H14BrFN2O2. The highest BCUT2D eigenvalue weighted by molar-refractivity contribution is 9.10. The molecule has 0 bridgehead atoms. The van der Waals surface area contributed by atoms with Gasteiger partial charge in [-0.1, -0.05) is 0 Å². The van der Waals surface area contributed by atoms with Crippen molar-refractivity contribution in [2.75, 3.05) is 6.61 Å². The fourth-order valence-corrected chi connectivity index (χ4v) is 1.45. The summed E-state index contributed by atoms with van der Waals surface area (Å²) >= 11 is 3.05. The quantitative estimate of drug-likeness (QED) is 0.508. The van der Waals surface area contributed by atoms with Gasteiger partial charge in [0.2, 0.25) is 5.91 Å². The van der Waals surface area contributed by atoms with Crippen molar-refractivity contribution in [3.63, 3.8) is 0 Å². The summed E-state index contributed by atoms with van der Waals surface area (Å²) in [5.74, 6) is 4.86.